The van der Waals surface area contributed by atoms with Crippen molar-refractivity contribution in [3.63, 3.8) is 0 Å². The Morgan fingerprint density at radius 3 is 2.64 bits per heavy atom. The Bertz CT molecular complexity index is 783. The number of alkyl halides is 2. The van der Waals surface area contributed by atoms with Crippen molar-refractivity contribution in [2.45, 2.75) is 32.0 Å². The monoisotopic (exact) mass is 429 g/mol. The lowest BCUT2D eigenvalue weighted by molar-refractivity contribution is -0.131. The fourth-order valence-corrected chi connectivity index (χ4v) is 3.08. The summed E-state index contributed by atoms with van der Waals surface area (Å²) in [5, 5.41) is 1.76. The number of fused-ring (bicyclic) bond motifs is 1. The molecule has 0 aliphatic carbocycles. The number of hydrogen-bond donors (Lipinski definition) is 1. The van der Waals surface area contributed by atoms with E-state index in [0.717, 1.165) is 32.9 Å². The van der Waals surface area contributed by atoms with Gasteiger partial charge in [0.15, 0.2) is 0 Å². The Kier molecular flexibility index (Phi) is 5.45. The van der Waals surface area contributed by atoms with Gasteiger partial charge >= 0.3 is 5.97 Å². The van der Waals surface area contributed by atoms with Crippen LogP contribution in [0.15, 0.2) is 16.9 Å². The minimum Gasteiger partial charge on any atom is -0.426 e. The van der Waals surface area contributed by atoms with Crippen molar-refractivity contribution >= 4 is 48.7 Å². The number of aromatic nitrogens is 1. The van der Waals surface area contributed by atoms with Crippen LogP contribution in [0.5, 0.6) is 5.75 Å². The molecule has 0 bridgehead atoms. The zero-order valence-corrected chi connectivity index (χ0v) is 15.8. The van der Waals surface area contributed by atoms with Gasteiger partial charge in [0.25, 0.3) is 0 Å². The van der Waals surface area contributed by atoms with E-state index in [1.165, 1.54) is 6.92 Å². The lowest BCUT2D eigenvalue weighted by Crippen LogP contribution is -2.12. The third-order valence-electron chi connectivity index (χ3n) is 3.47. The van der Waals surface area contributed by atoms with Crippen LogP contribution in [0, 0.1) is 13.8 Å². The molecule has 1 atom stereocenters. The second-order valence-corrected chi connectivity index (χ2v) is 7.22. The molecule has 0 fully saturated rings. The molecule has 0 spiro atoms. The van der Waals surface area contributed by atoms with E-state index in [4.69, 9.17) is 4.74 Å². The number of aromatic amines is 1. The van der Waals surface area contributed by atoms with Crippen LogP contribution in [-0.4, -0.2) is 21.1 Å². The Hall–Kier alpha value is -1.14. The molecule has 1 N–H and O–H groups in total. The second-order valence-electron chi connectivity index (χ2n) is 5.28. The summed E-state index contributed by atoms with van der Waals surface area (Å²) in [5.41, 5.74) is 3.18. The number of benzene rings is 1. The van der Waals surface area contributed by atoms with Crippen LogP contribution in [0.1, 0.15) is 23.6 Å². The van der Waals surface area contributed by atoms with Crippen LogP contribution in [0.3, 0.4) is 0 Å². The molecule has 0 saturated heterocycles. The van der Waals surface area contributed by atoms with Gasteiger partial charge in [-0.25, -0.2) is 0 Å². The predicted octanol–water partition coefficient (Wildman–Crippen LogP) is 3.77. The first kappa shape index (κ1) is 17.2. The highest BCUT2D eigenvalue weighted by Gasteiger charge is 2.17. The molecule has 1 unspecified atom stereocenters. The van der Waals surface area contributed by atoms with Crippen molar-refractivity contribution < 1.29 is 9.53 Å². The van der Waals surface area contributed by atoms with Crippen LogP contribution in [-0.2, 0) is 11.2 Å². The smallest absolute Gasteiger partial charge is 0.308 e. The van der Waals surface area contributed by atoms with Crippen molar-refractivity contribution in [1.29, 1.82) is 0 Å². The normalized spacial score (nSPS) is 12.4. The number of H-pyrrole nitrogens is 1. The summed E-state index contributed by atoms with van der Waals surface area (Å²) < 4.78 is 5.41. The highest BCUT2D eigenvalue weighted by Crippen LogP contribution is 2.33. The predicted molar refractivity (Wildman–Crippen MR) is 95.6 cm³/mol. The average Bonchev–Trinajstić information content (AvgIpc) is 2.43. The van der Waals surface area contributed by atoms with E-state index >= 15 is 0 Å². The highest BCUT2D eigenvalue weighted by atomic mass is 79.9. The molecular formula is C16H17Br2NO3. The SMILES string of the molecule is CC(=O)Oc1c(CC(Br)CBr)cc2c(C)cc(=O)[nH]c2c1C. The zero-order valence-electron chi connectivity index (χ0n) is 12.6. The lowest BCUT2D eigenvalue weighted by atomic mass is 9.98. The van der Waals surface area contributed by atoms with Crippen molar-refractivity contribution in [1.82, 2.24) is 4.98 Å². The van der Waals surface area contributed by atoms with Gasteiger partial charge in [-0.05, 0) is 37.5 Å². The first-order valence-corrected chi connectivity index (χ1v) is 8.91. The topological polar surface area (TPSA) is 59.2 Å². The molecule has 0 radical (unpaired) electrons. The molecule has 4 nitrogen and oxygen atoms in total. The summed E-state index contributed by atoms with van der Waals surface area (Å²) in [6.07, 6.45) is 0.712. The Morgan fingerprint density at radius 1 is 1.36 bits per heavy atom. The van der Waals surface area contributed by atoms with E-state index in [9.17, 15) is 9.59 Å². The third-order valence-corrected chi connectivity index (χ3v) is 5.77. The van der Waals surface area contributed by atoms with E-state index in [1.54, 1.807) is 6.07 Å². The van der Waals surface area contributed by atoms with Crippen LogP contribution < -0.4 is 10.3 Å². The minimum atomic E-state index is -0.372. The van der Waals surface area contributed by atoms with E-state index in [2.05, 4.69) is 36.8 Å². The van der Waals surface area contributed by atoms with Gasteiger partial charge in [0.1, 0.15) is 5.75 Å². The van der Waals surface area contributed by atoms with Gasteiger partial charge in [0, 0.05) is 34.1 Å². The largest absolute Gasteiger partial charge is 0.426 e. The second kappa shape index (κ2) is 6.96. The first-order valence-electron chi connectivity index (χ1n) is 6.88. The fourth-order valence-electron chi connectivity index (χ4n) is 2.50. The molecule has 0 saturated carbocycles. The minimum absolute atomic E-state index is 0.159. The number of halogens is 2. The number of carbonyl (C=O) groups is 1. The number of aryl methyl sites for hydroxylation is 2. The van der Waals surface area contributed by atoms with Gasteiger partial charge in [-0.2, -0.15) is 0 Å². The maximum Gasteiger partial charge on any atom is 0.308 e. The molecule has 1 aromatic carbocycles. The van der Waals surface area contributed by atoms with Gasteiger partial charge in [-0.15, -0.1) is 0 Å². The van der Waals surface area contributed by atoms with Gasteiger partial charge in [0.05, 0.1) is 5.52 Å². The molecule has 118 valence electrons. The summed E-state index contributed by atoms with van der Waals surface area (Å²) in [4.78, 5) is 26.2. The Morgan fingerprint density at radius 2 is 2.05 bits per heavy atom. The van der Waals surface area contributed by atoms with Gasteiger partial charge in [-0.1, -0.05) is 31.9 Å². The molecule has 2 aromatic rings. The zero-order chi connectivity index (χ0) is 16.4. The number of nitrogens with one attached hydrogen (secondary N) is 1. The molecule has 0 aliphatic rings. The van der Waals surface area contributed by atoms with Gasteiger partial charge in [0.2, 0.25) is 5.56 Å². The third kappa shape index (κ3) is 3.60. The Labute approximate surface area is 145 Å². The lowest BCUT2D eigenvalue weighted by Gasteiger charge is -2.17. The van der Waals surface area contributed by atoms with Crippen molar-refractivity contribution in [3.05, 3.63) is 39.2 Å². The fraction of sp³-hybridized carbons (Fsp3) is 0.375. The number of rotatable bonds is 4. The number of ether oxygens (including phenoxy) is 1. The first-order chi connectivity index (χ1) is 10.3. The van der Waals surface area contributed by atoms with Crippen LogP contribution in [0.25, 0.3) is 10.9 Å². The molecule has 2 rings (SSSR count). The van der Waals surface area contributed by atoms with E-state index in [1.807, 2.05) is 19.9 Å². The molecular weight excluding hydrogens is 414 g/mol. The average molecular weight is 431 g/mol. The standard InChI is InChI=1S/C16H17Br2NO3/c1-8-4-14(21)19-15-9(2)16(22-10(3)20)11(6-13(8)15)5-12(18)7-17/h4,6,12H,5,7H2,1-3H3,(H,19,21). The van der Waals surface area contributed by atoms with Gasteiger partial charge < -0.3 is 9.72 Å². The van der Waals surface area contributed by atoms with Crippen LogP contribution in [0.4, 0.5) is 0 Å². The molecule has 0 aliphatic heterocycles. The maximum absolute atomic E-state index is 11.7. The molecule has 0 amide bonds. The molecule has 1 heterocycles. The number of esters is 1. The maximum atomic E-state index is 11.7. The molecule has 6 heteroatoms. The summed E-state index contributed by atoms with van der Waals surface area (Å²) in [7, 11) is 0. The number of carbonyl (C=O) groups excluding carboxylic acids is 1. The van der Waals surface area contributed by atoms with Crippen molar-refractivity contribution in [2.24, 2.45) is 0 Å². The van der Waals surface area contributed by atoms with Crippen molar-refractivity contribution in [2.75, 3.05) is 5.33 Å². The summed E-state index contributed by atoms with van der Waals surface area (Å²) in [5.74, 6) is 0.162. The molecule has 22 heavy (non-hydrogen) atoms. The van der Waals surface area contributed by atoms with E-state index < -0.39 is 0 Å². The van der Waals surface area contributed by atoms with Crippen molar-refractivity contribution in [3.8, 4) is 5.75 Å². The Balaban J connectivity index is 2.74. The summed E-state index contributed by atoms with van der Waals surface area (Å²) >= 11 is 7.03. The number of hydrogen-bond acceptors (Lipinski definition) is 3. The van der Waals surface area contributed by atoms with E-state index in [0.29, 0.717) is 12.2 Å². The van der Waals surface area contributed by atoms with Crippen LogP contribution in [0.2, 0.25) is 0 Å². The summed E-state index contributed by atoms with van der Waals surface area (Å²) in [6, 6.07) is 3.57. The van der Waals surface area contributed by atoms with Gasteiger partial charge in [-0.3, -0.25) is 9.59 Å². The quantitative estimate of drug-likeness (QED) is 0.456. The summed E-state index contributed by atoms with van der Waals surface area (Å²) in [6.45, 7) is 5.14. The van der Waals surface area contributed by atoms with E-state index in [-0.39, 0.29) is 16.4 Å². The number of pyridine rings is 1. The van der Waals surface area contributed by atoms with Crippen LogP contribution >= 0.6 is 31.9 Å². The highest BCUT2D eigenvalue weighted by molar-refractivity contribution is 9.12. The molecule has 1 aromatic heterocycles.